The molecule has 6 nitrogen and oxygen atoms in total. The summed E-state index contributed by atoms with van der Waals surface area (Å²) in [7, 11) is 3.24. The molecule has 2 atom stereocenters. The third kappa shape index (κ3) is 5.19. The minimum Gasteiger partial charge on any atom is -0.497 e. The summed E-state index contributed by atoms with van der Waals surface area (Å²) in [6.45, 7) is 3.07. The standard InChI is InChI=1S/C18H29N3O3/c1-23-15-7-5-14(6-8-15)17(21-9-3-4-10-21)13-20-18(22)11-16(12-19)24-2/h5-8,16-17H,3-4,9-13,19H2,1-2H3,(H,20,22). The van der Waals surface area contributed by atoms with Gasteiger partial charge in [-0.25, -0.2) is 0 Å². The van der Waals surface area contributed by atoms with Crippen molar-refractivity contribution in [1.82, 2.24) is 10.2 Å². The number of benzene rings is 1. The quantitative estimate of drug-likeness (QED) is 0.712. The van der Waals surface area contributed by atoms with Gasteiger partial charge in [-0.2, -0.15) is 0 Å². The fraction of sp³-hybridized carbons (Fsp3) is 0.611. The number of nitrogens with one attached hydrogen (secondary N) is 1. The smallest absolute Gasteiger partial charge is 0.222 e. The number of amides is 1. The van der Waals surface area contributed by atoms with Crippen molar-refractivity contribution in [2.75, 3.05) is 40.4 Å². The average molecular weight is 335 g/mol. The first-order valence-corrected chi connectivity index (χ1v) is 8.55. The number of hydrogen-bond donors (Lipinski definition) is 2. The Morgan fingerprint density at radius 1 is 1.25 bits per heavy atom. The maximum atomic E-state index is 12.1. The first-order valence-electron chi connectivity index (χ1n) is 8.55. The van der Waals surface area contributed by atoms with Crippen molar-refractivity contribution in [3.8, 4) is 5.75 Å². The zero-order valence-corrected chi connectivity index (χ0v) is 14.7. The topological polar surface area (TPSA) is 76.8 Å². The number of ether oxygens (including phenoxy) is 2. The van der Waals surface area contributed by atoms with Crippen LogP contribution in [0, 0.1) is 0 Å². The van der Waals surface area contributed by atoms with E-state index in [4.69, 9.17) is 15.2 Å². The summed E-state index contributed by atoms with van der Waals surface area (Å²) in [5.74, 6) is 0.818. The molecule has 1 heterocycles. The van der Waals surface area contributed by atoms with E-state index in [1.165, 1.54) is 18.4 Å². The second-order valence-corrected chi connectivity index (χ2v) is 6.13. The molecule has 0 aromatic heterocycles. The number of hydrogen-bond acceptors (Lipinski definition) is 5. The molecule has 134 valence electrons. The minimum atomic E-state index is -0.226. The largest absolute Gasteiger partial charge is 0.497 e. The van der Waals surface area contributed by atoms with Gasteiger partial charge in [-0.1, -0.05) is 12.1 Å². The molecule has 1 aromatic carbocycles. The fourth-order valence-corrected chi connectivity index (χ4v) is 3.09. The number of carbonyl (C=O) groups is 1. The molecule has 1 amide bonds. The fourth-order valence-electron chi connectivity index (χ4n) is 3.09. The number of nitrogens with zero attached hydrogens (tertiary/aromatic N) is 1. The molecule has 0 aliphatic carbocycles. The van der Waals surface area contributed by atoms with E-state index in [1.54, 1.807) is 14.2 Å². The van der Waals surface area contributed by atoms with Gasteiger partial charge in [0.1, 0.15) is 5.75 Å². The Hall–Kier alpha value is -1.63. The molecule has 1 saturated heterocycles. The number of nitrogens with two attached hydrogens (primary N) is 1. The highest BCUT2D eigenvalue weighted by atomic mass is 16.5. The molecule has 0 bridgehead atoms. The van der Waals surface area contributed by atoms with Crippen LogP contribution in [-0.2, 0) is 9.53 Å². The van der Waals surface area contributed by atoms with Crippen molar-refractivity contribution in [3.05, 3.63) is 29.8 Å². The Morgan fingerprint density at radius 3 is 2.46 bits per heavy atom. The third-order valence-corrected chi connectivity index (χ3v) is 4.58. The molecule has 1 fully saturated rings. The minimum absolute atomic E-state index is 0.0231. The summed E-state index contributed by atoms with van der Waals surface area (Å²) in [5.41, 5.74) is 6.77. The lowest BCUT2D eigenvalue weighted by atomic mass is 10.0. The van der Waals surface area contributed by atoms with Gasteiger partial charge in [0.05, 0.1) is 25.7 Å². The molecular weight excluding hydrogens is 306 g/mol. The Bertz CT molecular complexity index is 497. The van der Waals surface area contributed by atoms with Crippen LogP contribution in [0.4, 0.5) is 0 Å². The number of carbonyl (C=O) groups excluding carboxylic acids is 1. The van der Waals surface area contributed by atoms with E-state index in [1.807, 2.05) is 12.1 Å². The van der Waals surface area contributed by atoms with E-state index in [0.717, 1.165) is 18.8 Å². The molecule has 1 aliphatic rings. The van der Waals surface area contributed by atoms with Gasteiger partial charge in [0.15, 0.2) is 0 Å². The zero-order valence-electron chi connectivity index (χ0n) is 14.7. The highest BCUT2D eigenvalue weighted by molar-refractivity contribution is 5.76. The van der Waals surface area contributed by atoms with E-state index >= 15 is 0 Å². The second-order valence-electron chi connectivity index (χ2n) is 6.13. The van der Waals surface area contributed by atoms with Gasteiger partial charge in [-0.3, -0.25) is 9.69 Å². The zero-order chi connectivity index (χ0) is 17.4. The van der Waals surface area contributed by atoms with Crippen molar-refractivity contribution in [1.29, 1.82) is 0 Å². The molecule has 1 aromatic rings. The molecule has 0 spiro atoms. The molecule has 3 N–H and O–H groups in total. The lowest BCUT2D eigenvalue weighted by molar-refractivity contribution is -0.123. The van der Waals surface area contributed by atoms with Gasteiger partial charge >= 0.3 is 0 Å². The summed E-state index contributed by atoms with van der Waals surface area (Å²) in [4.78, 5) is 14.6. The lowest BCUT2D eigenvalue weighted by Crippen LogP contribution is -2.38. The predicted molar refractivity (Wildman–Crippen MR) is 94.0 cm³/mol. The van der Waals surface area contributed by atoms with Gasteiger partial charge in [-0.15, -0.1) is 0 Å². The van der Waals surface area contributed by atoms with Crippen molar-refractivity contribution in [2.24, 2.45) is 5.73 Å². The van der Waals surface area contributed by atoms with Crippen LogP contribution in [0.1, 0.15) is 30.9 Å². The summed E-state index contributed by atoms with van der Waals surface area (Å²) < 4.78 is 10.4. The van der Waals surface area contributed by atoms with Crippen molar-refractivity contribution < 1.29 is 14.3 Å². The van der Waals surface area contributed by atoms with Gasteiger partial charge in [0.25, 0.3) is 0 Å². The second kappa shape index (κ2) is 9.61. The van der Waals surface area contributed by atoms with E-state index in [9.17, 15) is 4.79 Å². The van der Waals surface area contributed by atoms with Crippen molar-refractivity contribution >= 4 is 5.91 Å². The monoisotopic (exact) mass is 335 g/mol. The summed E-state index contributed by atoms with van der Waals surface area (Å²) in [6, 6.07) is 8.27. The number of methoxy groups -OCH3 is 2. The van der Waals surface area contributed by atoms with Gasteiger partial charge in [0, 0.05) is 20.2 Å². The van der Waals surface area contributed by atoms with Crippen LogP contribution < -0.4 is 15.8 Å². The van der Waals surface area contributed by atoms with Crippen LogP contribution in [0.3, 0.4) is 0 Å². The third-order valence-electron chi connectivity index (χ3n) is 4.58. The summed E-state index contributed by atoms with van der Waals surface area (Å²) in [5, 5.41) is 3.04. The van der Waals surface area contributed by atoms with E-state index < -0.39 is 0 Å². The molecule has 0 saturated carbocycles. The van der Waals surface area contributed by atoms with Crippen LogP contribution in [0.5, 0.6) is 5.75 Å². The number of likely N-dealkylation sites (tertiary alicyclic amines) is 1. The summed E-state index contributed by atoms with van der Waals surface area (Å²) in [6.07, 6.45) is 2.48. The van der Waals surface area contributed by atoms with Gasteiger partial charge in [-0.05, 0) is 43.6 Å². The molecule has 1 aliphatic heterocycles. The first kappa shape index (κ1) is 18.7. The van der Waals surface area contributed by atoms with Crippen LogP contribution in [0.15, 0.2) is 24.3 Å². The normalized spacial score (nSPS) is 17.5. The molecular formula is C18H29N3O3. The maximum absolute atomic E-state index is 12.1. The van der Waals surface area contributed by atoms with E-state index in [-0.39, 0.29) is 18.1 Å². The van der Waals surface area contributed by atoms with Gasteiger partial charge < -0.3 is 20.5 Å². The molecule has 24 heavy (non-hydrogen) atoms. The lowest BCUT2D eigenvalue weighted by Gasteiger charge is -2.28. The Balaban J connectivity index is 1.99. The Morgan fingerprint density at radius 2 is 1.92 bits per heavy atom. The Labute approximate surface area is 144 Å². The van der Waals surface area contributed by atoms with Crippen molar-refractivity contribution in [2.45, 2.75) is 31.4 Å². The van der Waals surface area contributed by atoms with E-state index in [2.05, 4.69) is 22.3 Å². The van der Waals surface area contributed by atoms with Gasteiger partial charge in [0.2, 0.25) is 5.91 Å². The predicted octanol–water partition coefficient (Wildman–Crippen LogP) is 1.31. The average Bonchev–Trinajstić information content (AvgIpc) is 3.14. The number of rotatable bonds is 9. The van der Waals surface area contributed by atoms with Crippen molar-refractivity contribution in [3.63, 3.8) is 0 Å². The van der Waals surface area contributed by atoms with Crippen LogP contribution >= 0.6 is 0 Å². The maximum Gasteiger partial charge on any atom is 0.222 e. The highest BCUT2D eigenvalue weighted by Crippen LogP contribution is 2.26. The van der Waals surface area contributed by atoms with Crippen LogP contribution in [0.25, 0.3) is 0 Å². The molecule has 2 unspecified atom stereocenters. The van der Waals surface area contributed by atoms with Crippen LogP contribution in [0.2, 0.25) is 0 Å². The Kier molecular flexibility index (Phi) is 7.49. The highest BCUT2D eigenvalue weighted by Gasteiger charge is 2.24. The molecule has 6 heteroatoms. The SMILES string of the molecule is COc1ccc(C(CNC(=O)CC(CN)OC)N2CCCC2)cc1. The van der Waals surface area contributed by atoms with Crippen LogP contribution in [-0.4, -0.2) is 57.3 Å². The molecule has 0 radical (unpaired) electrons. The first-order chi connectivity index (χ1) is 11.7. The van der Waals surface area contributed by atoms with E-state index in [0.29, 0.717) is 19.5 Å². The summed E-state index contributed by atoms with van der Waals surface area (Å²) >= 11 is 0. The molecule has 2 rings (SSSR count).